The summed E-state index contributed by atoms with van der Waals surface area (Å²) in [5.41, 5.74) is 7.79. The Hall–Kier alpha value is -2.36. The minimum absolute atomic E-state index is 0.278. The fraction of sp³-hybridized carbons (Fsp3) is 0.0667. The molecule has 0 amide bonds. The van der Waals surface area contributed by atoms with Crippen molar-refractivity contribution in [1.29, 1.82) is 0 Å². The second-order valence-electron chi connectivity index (χ2n) is 4.49. The van der Waals surface area contributed by atoms with Crippen LogP contribution in [-0.4, -0.2) is 4.57 Å². The highest BCUT2D eigenvalue weighted by molar-refractivity contribution is 5.80. The molecule has 96 valence electrons. The summed E-state index contributed by atoms with van der Waals surface area (Å²) in [5.74, 6) is -0.635. The van der Waals surface area contributed by atoms with Crippen LogP contribution in [0.25, 0.3) is 10.9 Å². The highest BCUT2D eigenvalue weighted by Crippen LogP contribution is 2.21. The number of hydrogen-bond acceptors (Lipinski definition) is 1. The van der Waals surface area contributed by atoms with Gasteiger partial charge in [-0.15, -0.1) is 0 Å². The minimum Gasteiger partial charge on any atom is -0.398 e. The van der Waals surface area contributed by atoms with E-state index >= 15 is 0 Å². The summed E-state index contributed by atoms with van der Waals surface area (Å²) in [7, 11) is 0. The van der Waals surface area contributed by atoms with Crippen LogP contribution in [0.4, 0.5) is 14.5 Å². The van der Waals surface area contributed by atoms with Gasteiger partial charge in [0.2, 0.25) is 0 Å². The molecule has 0 aliphatic rings. The Morgan fingerprint density at radius 3 is 2.47 bits per heavy atom. The molecule has 0 bridgehead atoms. The molecule has 2 N–H and O–H groups in total. The van der Waals surface area contributed by atoms with Crippen LogP contribution in [0.15, 0.2) is 48.7 Å². The third-order valence-electron chi connectivity index (χ3n) is 3.18. The number of nitrogen functional groups attached to an aromatic ring is 1. The van der Waals surface area contributed by atoms with Crippen molar-refractivity contribution in [2.75, 3.05) is 5.73 Å². The van der Waals surface area contributed by atoms with E-state index in [1.54, 1.807) is 12.1 Å². The van der Waals surface area contributed by atoms with E-state index in [0.29, 0.717) is 12.2 Å². The van der Waals surface area contributed by atoms with Gasteiger partial charge in [0.1, 0.15) is 11.6 Å². The number of anilines is 1. The van der Waals surface area contributed by atoms with Gasteiger partial charge in [0.15, 0.2) is 0 Å². The van der Waals surface area contributed by atoms with Crippen LogP contribution >= 0.6 is 0 Å². The fourth-order valence-electron chi connectivity index (χ4n) is 2.19. The molecule has 0 aliphatic carbocycles. The molecule has 0 fully saturated rings. The summed E-state index contributed by atoms with van der Waals surface area (Å²) in [6, 6.07) is 10.9. The van der Waals surface area contributed by atoms with Crippen LogP contribution in [0.5, 0.6) is 0 Å². The molecule has 2 nitrogen and oxygen atoms in total. The number of fused-ring (bicyclic) bond motifs is 1. The molecular weight excluding hydrogens is 246 g/mol. The molecule has 3 aromatic rings. The molecule has 0 radical (unpaired) electrons. The Morgan fingerprint density at radius 1 is 0.947 bits per heavy atom. The quantitative estimate of drug-likeness (QED) is 0.700. The maximum atomic E-state index is 13.3. The molecule has 0 aliphatic heterocycles. The Labute approximate surface area is 109 Å². The van der Waals surface area contributed by atoms with Crippen LogP contribution in [0.2, 0.25) is 0 Å². The summed E-state index contributed by atoms with van der Waals surface area (Å²) in [4.78, 5) is 0. The van der Waals surface area contributed by atoms with E-state index in [0.717, 1.165) is 16.5 Å². The topological polar surface area (TPSA) is 30.9 Å². The summed E-state index contributed by atoms with van der Waals surface area (Å²) in [6.07, 6.45) is 1.87. The van der Waals surface area contributed by atoms with Gasteiger partial charge in [-0.2, -0.15) is 0 Å². The van der Waals surface area contributed by atoms with E-state index in [2.05, 4.69) is 0 Å². The number of hydrogen-bond donors (Lipinski definition) is 1. The van der Waals surface area contributed by atoms with E-state index in [9.17, 15) is 8.78 Å². The Bertz CT molecular complexity index is 747. The summed E-state index contributed by atoms with van der Waals surface area (Å²) < 4.78 is 28.2. The van der Waals surface area contributed by atoms with Crippen molar-refractivity contribution in [2.45, 2.75) is 6.54 Å². The molecule has 0 spiro atoms. The van der Waals surface area contributed by atoms with Crippen LogP contribution in [-0.2, 0) is 6.54 Å². The van der Waals surface area contributed by atoms with Gasteiger partial charge in [-0.3, -0.25) is 0 Å². The van der Waals surface area contributed by atoms with Gasteiger partial charge in [-0.1, -0.05) is 6.07 Å². The van der Waals surface area contributed by atoms with E-state index in [1.807, 2.05) is 16.8 Å². The standard InChI is InChI=1S/C15H12F2N2/c16-12-4-2-11(14(18)7-12)9-19-6-5-10-1-3-13(17)8-15(10)19/h1-8H,9,18H2. The molecule has 0 saturated carbocycles. The van der Waals surface area contributed by atoms with Crippen molar-refractivity contribution in [3.05, 3.63) is 65.9 Å². The lowest BCUT2D eigenvalue weighted by Gasteiger charge is -2.08. The molecule has 1 heterocycles. The number of halogens is 2. The van der Waals surface area contributed by atoms with E-state index < -0.39 is 0 Å². The van der Waals surface area contributed by atoms with E-state index in [-0.39, 0.29) is 11.6 Å². The molecule has 0 atom stereocenters. The zero-order valence-corrected chi connectivity index (χ0v) is 10.1. The van der Waals surface area contributed by atoms with Crippen molar-refractivity contribution in [3.63, 3.8) is 0 Å². The molecule has 4 heteroatoms. The third-order valence-corrected chi connectivity index (χ3v) is 3.18. The van der Waals surface area contributed by atoms with Gasteiger partial charge >= 0.3 is 0 Å². The average Bonchev–Trinajstić information content (AvgIpc) is 2.75. The molecule has 2 aromatic carbocycles. The highest BCUT2D eigenvalue weighted by atomic mass is 19.1. The van der Waals surface area contributed by atoms with Crippen molar-refractivity contribution in [2.24, 2.45) is 0 Å². The van der Waals surface area contributed by atoms with Crippen LogP contribution < -0.4 is 5.73 Å². The van der Waals surface area contributed by atoms with E-state index in [1.165, 1.54) is 24.3 Å². The number of aromatic nitrogens is 1. The van der Waals surface area contributed by atoms with Crippen molar-refractivity contribution >= 4 is 16.6 Å². The van der Waals surface area contributed by atoms with Crippen LogP contribution in [0, 0.1) is 11.6 Å². The van der Waals surface area contributed by atoms with Gasteiger partial charge in [0.05, 0.1) is 5.52 Å². The largest absolute Gasteiger partial charge is 0.398 e. The van der Waals surface area contributed by atoms with Gasteiger partial charge in [-0.05, 0) is 47.3 Å². The van der Waals surface area contributed by atoms with Gasteiger partial charge in [0.25, 0.3) is 0 Å². The fourth-order valence-corrected chi connectivity index (χ4v) is 2.19. The van der Waals surface area contributed by atoms with Crippen molar-refractivity contribution < 1.29 is 8.78 Å². The summed E-state index contributed by atoms with van der Waals surface area (Å²) >= 11 is 0. The number of nitrogens with zero attached hydrogens (tertiary/aromatic N) is 1. The summed E-state index contributed by atoms with van der Waals surface area (Å²) in [5, 5.41) is 0.960. The molecule has 1 aromatic heterocycles. The first-order valence-corrected chi connectivity index (χ1v) is 5.92. The molecule has 0 saturated heterocycles. The maximum absolute atomic E-state index is 13.3. The lowest BCUT2D eigenvalue weighted by Crippen LogP contribution is -2.02. The normalized spacial score (nSPS) is 11.1. The van der Waals surface area contributed by atoms with Gasteiger partial charge in [0, 0.05) is 18.4 Å². The minimum atomic E-state index is -0.357. The number of nitrogens with two attached hydrogens (primary N) is 1. The zero-order chi connectivity index (χ0) is 13.4. The van der Waals surface area contributed by atoms with E-state index in [4.69, 9.17) is 5.73 Å². The Morgan fingerprint density at radius 2 is 1.68 bits per heavy atom. The lowest BCUT2D eigenvalue weighted by atomic mass is 10.1. The van der Waals surface area contributed by atoms with Gasteiger partial charge in [-0.25, -0.2) is 8.78 Å². The van der Waals surface area contributed by atoms with Crippen molar-refractivity contribution in [3.8, 4) is 0 Å². The predicted molar refractivity (Wildman–Crippen MR) is 71.8 cm³/mol. The zero-order valence-electron chi connectivity index (χ0n) is 10.1. The summed E-state index contributed by atoms with van der Waals surface area (Å²) in [6.45, 7) is 0.485. The smallest absolute Gasteiger partial charge is 0.125 e. The maximum Gasteiger partial charge on any atom is 0.125 e. The van der Waals surface area contributed by atoms with Crippen LogP contribution in [0.1, 0.15) is 5.56 Å². The highest BCUT2D eigenvalue weighted by Gasteiger charge is 2.06. The molecule has 0 unspecified atom stereocenters. The van der Waals surface area contributed by atoms with Crippen molar-refractivity contribution in [1.82, 2.24) is 4.57 Å². The molecular formula is C15H12F2N2. The lowest BCUT2D eigenvalue weighted by molar-refractivity contribution is 0.627. The Balaban J connectivity index is 2.03. The average molecular weight is 258 g/mol. The third kappa shape index (κ3) is 2.17. The first-order chi connectivity index (χ1) is 9.13. The molecule has 3 rings (SSSR count). The SMILES string of the molecule is Nc1cc(F)ccc1Cn1ccc2ccc(F)cc21. The first kappa shape index (κ1) is 11.7. The molecule has 19 heavy (non-hydrogen) atoms. The number of benzene rings is 2. The predicted octanol–water partition coefficient (Wildman–Crippen LogP) is 3.55. The second kappa shape index (κ2) is 4.39. The Kier molecular flexibility index (Phi) is 2.71. The van der Waals surface area contributed by atoms with Crippen LogP contribution in [0.3, 0.4) is 0 Å². The van der Waals surface area contributed by atoms with Gasteiger partial charge < -0.3 is 10.3 Å². The first-order valence-electron chi connectivity index (χ1n) is 5.92. The monoisotopic (exact) mass is 258 g/mol. The number of rotatable bonds is 2. The second-order valence-corrected chi connectivity index (χ2v) is 4.49.